The van der Waals surface area contributed by atoms with Crippen LogP contribution < -0.4 is 10.6 Å². The summed E-state index contributed by atoms with van der Waals surface area (Å²) in [4.78, 5) is 25.6. The maximum Gasteiger partial charge on any atom is 0.255 e. The summed E-state index contributed by atoms with van der Waals surface area (Å²) in [5, 5.41) is 10.1. The standard InChI is InChI=1S/C31H24N2O2/c34-30(32-21-22-8-2-1-3-9-22)17-16-27-18-25-12-6-7-13-26(25)20-29(27)33-31(35)28-15-14-23-10-4-5-11-24(23)19-28/h1-20H,21H2,(H,32,34)(H,33,35). The third-order valence-electron chi connectivity index (χ3n) is 5.90. The lowest BCUT2D eigenvalue weighted by molar-refractivity contribution is -0.116. The van der Waals surface area contributed by atoms with E-state index >= 15 is 0 Å². The van der Waals surface area contributed by atoms with Crippen molar-refractivity contribution in [2.24, 2.45) is 0 Å². The van der Waals surface area contributed by atoms with Gasteiger partial charge in [-0.25, -0.2) is 0 Å². The van der Waals surface area contributed by atoms with E-state index in [0.717, 1.165) is 32.7 Å². The van der Waals surface area contributed by atoms with Crippen LogP contribution in [0.25, 0.3) is 27.6 Å². The Morgan fingerprint density at radius 3 is 2.03 bits per heavy atom. The van der Waals surface area contributed by atoms with Crippen LogP contribution in [0.3, 0.4) is 0 Å². The van der Waals surface area contributed by atoms with Crippen LogP contribution in [0, 0.1) is 0 Å². The Hall–Kier alpha value is -4.70. The van der Waals surface area contributed by atoms with E-state index in [1.807, 2.05) is 109 Å². The molecule has 0 heterocycles. The number of hydrogen-bond acceptors (Lipinski definition) is 2. The molecule has 4 nitrogen and oxygen atoms in total. The molecular weight excluding hydrogens is 432 g/mol. The fourth-order valence-corrected chi connectivity index (χ4v) is 4.04. The number of benzene rings is 5. The number of nitrogens with one attached hydrogen (secondary N) is 2. The molecule has 2 N–H and O–H groups in total. The molecule has 5 aromatic carbocycles. The van der Waals surface area contributed by atoms with Gasteiger partial charge < -0.3 is 10.6 Å². The van der Waals surface area contributed by atoms with Crippen LogP contribution in [0.1, 0.15) is 21.5 Å². The Labute approximate surface area is 203 Å². The summed E-state index contributed by atoms with van der Waals surface area (Å²) >= 11 is 0. The average molecular weight is 457 g/mol. The van der Waals surface area contributed by atoms with E-state index in [-0.39, 0.29) is 11.8 Å². The van der Waals surface area contributed by atoms with Crippen molar-refractivity contribution in [3.63, 3.8) is 0 Å². The van der Waals surface area contributed by atoms with Gasteiger partial charge in [0.1, 0.15) is 0 Å². The van der Waals surface area contributed by atoms with Crippen molar-refractivity contribution in [2.75, 3.05) is 5.32 Å². The van der Waals surface area contributed by atoms with E-state index in [2.05, 4.69) is 10.6 Å². The third kappa shape index (κ3) is 5.28. The van der Waals surface area contributed by atoms with Gasteiger partial charge in [-0.2, -0.15) is 0 Å². The first kappa shape index (κ1) is 22.1. The number of rotatable bonds is 6. The molecule has 2 amide bonds. The molecule has 0 spiro atoms. The summed E-state index contributed by atoms with van der Waals surface area (Å²) < 4.78 is 0. The molecule has 0 aliphatic rings. The number of fused-ring (bicyclic) bond motifs is 2. The second-order valence-electron chi connectivity index (χ2n) is 8.34. The van der Waals surface area contributed by atoms with Gasteiger partial charge >= 0.3 is 0 Å². The second kappa shape index (κ2) is 10.1. The van der Waals surface area contributed by atoms with Crippen molar-refractivity contribution < 1.29 is 9.59 Å². The summed E-state index contributed by atoms with van der Waals surface area (Å²) in [6, 6.07) is 35.2. The summed E-state index contributed by atoms with van der Waals surface area (Å²) in [5.74, 6) is -0.400. The largest absolute Gasteiger partial charge is 0.348 e. The van der Waals surface area contributed by atoms with E-state index in [9.17, 15) is 9.59 Å². The number of hydrogen-bond donors (Lipinski definition) is 2. The van der Waals surface area contributed by atoms with Crippen molar-refractivity contribution in [3.8, 4) is 0 Å². The van der Waals surface area contributed by atoms with Crippen molar-refractivity contribution in [1.82, 2.24) is 5.32 Å². The van der Waals surface area contributed by atoms with Crippen molar-refractivity contribution >= 4 is 45.1 Å². The van der Waals surface area contributed by atoms with Gasteiger partial charge in [-0.1, -0.05) is 84.9 Å². The quantitative estimate of drug-likeness (QED) is 0.284. The fraction of sp³-hybridized carbons (Fsp3) is 0.0323. The minimum atomic E-state index is -0.200. The van der Waals surface area contributed by atoms with E-state index in [1.54, 1.807) is 6.08 Å². The first-order chi connectivity index (χ1) is 17.2. The summed E-state index contributed by atoms with van der Waals surface area (Å²) in [6.07, 6.45) is 3.24. The summed E-state index contributed by atoms with van der Waals surface area (Å²) in [7, 11) is 0. The van der Waals surface area contributed by atoms with Crippen LogP contribution in [0.4, 0.5) is 5.69 Å². The van der Waals surface area contributed by atoms with E-state index in [4.69, 9.17) is 0 Å². The minimum Gasteiger partial charge on any atom is -0.348 e. The molecule has 0 fully saturated rings. The molecule has 0 saturated heterocycles. The zero-order valence-corrected chi connectivity index (χ0v) is 19.1. The topological polar surface area (TPSA) is 58.2 Å². The maximum absolute atomic E-state index is 13.1. The Kier molecular flexibility index (Phi) is 6.35. The Morgan fingerprint density at radius 2 is 1.29 bits per heavy atom. The van der Waals surface area contributed by atoms with Gasteiger partial charge in [0.25, 0.3) is 5.91 Å². The SMILES string of the molecule is O=C(C=Cc1cc2ccccc2cc1NC(=O)c1ccc2ccccc2c1)NCc1ccccc1. The molecule has 0 bridgehead atoms. The molecule has 0 saturated carbocycles. The second-order valence-corrected chi connectivity index (χ2v) is 8.34. The molecule has 4 heteroatoms. The van der Waals surface area contributed by atoms with Gasteiger partial charge in [-0.15, -0.1) is 0 Å². The smallest absolute Gasteiger partial charge is 0.255 e. The molecule has 5 aromatic rings. The molecule has 0 unspecified atom stereocenters. The molecule has 0 aromatic heterocycles. The highest BCUT2D eigenvalue weighted by Crippen LogP contribution is 2.26. The number of carbonyl (C=O) groups is 2. The molecule has 170 valence electrons. The highest BCUT2D eigenvalue weighted by molar-refractivity contribution is 6.08. The van der Waals surface area contributed by atoms with Gasteiger partial charge in [-0.3, -0.25) is 9.59 Å². The van der Waals surface area contributed by atoms with Gasteiger partial charge in [0.2, 0.25) is 5.91 Å². The average Bonchev–Trinajstić information content (AvgIpc) is 2.91. The third-order valence-corrected chi connectivity index (χ3v) is 5.90. The monoisotopic (exact) mass is 456 g/mol. The fourth-order valence-electron chi connectivity index (χ4n) is 4.04. The van der Waals surface area contributed by atoms with Gasteiger partial charge in [0.15, 0.2) is 0 Å². The molecule has 0 aliphatic carbocycles. The van der Waals surface area contributed by atoms with E-state index in [1.165, 1.54) is 6.08 Å². The van der Waals surface area contributed by atoms with Gasteiger partial charge in [0.05, 0.1) is 0 Å². The van der Waals surface area contributed by atoms with Crippen molar-refractivity contribution in [2.45, 2.75) is 6.54 Å². The molecular formula is C31H24N2O2. The van der Waals surface area contributed by atoms with Crippen LogP contribution >= 0.6 is 0 Å². The Bertz CT molecular complexity index is 1560. The lowest BCUT2D eigenvalue weighted by Gasteiger charge is -2.12. The Morgan fingerprint density at radius 1 is 0.657 bits per heavy atom. The van der Waals surface area contributed by atoms with E-state index in [0.29, 0.717) is 17.8 Å². The van der Waals surface area contributed by atoms with Crippen LogP contribution in [-0.4, -0.2) is 11.8 Å². The van der Waals surface area contributed by atoms with E-state index < -0.39 is 0 Å². The predicted molar refractivity (Wildman–Crippen MR) is 143 cm³/mol. The van der Waals surface area contributed by atoms with Crippen LogP contribution in [0.15, 0.2) is 115 Å². The van der Waals surface area contributed by atoms with Gasteiger partial charge in [0, 0.05) is 23.9 Å². The first-order valence-electron chi connectivity index (χ1n) is 11.5. The lowest BCUT2D eigenvalue weighted by atomic mass is 10.0. The van der Waals surface area contributed by atoms with Crippen molar-refractivity contribution in [3.05, 3.63) is 132 Å². The van der Waals surface area contributed by atoms with Gasteiger partial charge in [-0.05, 0) is 63.0 Å². The lowest BCUT2D eigenvalue weighted by Crippen LogP contribution is -2.20. The zero-order valence-electron chi connectivity index (χ0n) is 19.1. The molecule has 5 rings (SSSR count). The van der Waals surface area contributed by atoms with Crippen molar-refractivity contribution in [1.29, 1.82) is 0 Å². The van der Waals surface area contributed by atoms with Crippen LogP contribution in [-0.2, 0) is 11.3 Å². The Balaban J connectivity index is 1.40. The summed E-state index contributed by atoms with van der Waals surface area (Å²) in [6.45, 7) is 0.452. The highest BCUT2D eigenvalue weighted by atomic mass is 16.2. The first-order valence-corrected chi connectivity index (χ1v) is 11.5. The number of anilines is 1. The highest BCUT2D eigenvalue weighted by Gasteiger charge is 2.11. The molecule has 35 heavy (non-hydrogen) atoms. The van der Waals surface area contributed by atoms with Crippen LogP contribution in [0.5, 0.6) is 0 Å². The normalized spacial score (nSPS) is 11.1. The number of carbonyl (C=O) groups excluding carboxylic acids is 2. The maximum atomic E-state index is 13.1. The zero-order chi connectivity index (χ0) is 24.0. The summed E-state index contributed by atoms with van der Waals surface area (Å²) in [5.41, 5.74) is 3.01. The number of amides is 2. The molecule has 0 aliphatic heterocycles. The predicted octanol–water partition coefficient (Wildman–Crippen LogP) is 6.57. The minimum absolute atomic E-state index is 0.200. The molecule has 0 atom stereocenters. The van der Waals surface area contributed by atoms with Crippen LogP contribution in [0.2, 0.25) is 0 Å². The molecule has 0 radical (unpaired) electrons.